The summed E-state index contributed by atoms with van der Waals surface area (Å²) >= 11 is 1.35. The molecule has 142 valence electrons. The molecule has 0 aliphatic heterocycles. The van der Waals surface area contributed by atoms with Gasteiger partial charge in [-0.1, -0.05) is 31.5 Å². The van der Waals surface area contributed by atoms with Crippen LogP contribution >= 0.6 is 11.3 Å². The van der Waals surface area contributed by atoms with E-state index in [1.165, 1.54) is 24.5 Å². The number of hydrogen-bond acceptors (Lipinski definition) is 4. The van der Waals surface area contributed by atoms with Crippen LogP contribution in [0.3, 0.4) is 0 Å². The second-order valence-corrected chi connectivity index (χ2v) is 6.75. The maximum absolute atomic E-state index is 12.8. The predicted octanol–water partition coefficient (Wildman–Crippen LogP) is 5.52. The summed E-state index contributed by atoms with van der Waals surface area (Å²) in [7, 11) is 1.47. The number of aryl methyl sites for hydroxylation is 2. The van der Waals surface area contributed by atoms with E-state index < -0.39 is 17.7 Å². The number of carbonyl (C=O) groups is 1. The van der Waals surface area contributed by atoms with Gasteiger partial charge in [0, 0.05) is 10.3 Å². The van der Waals surface area contributed by atoms with Crippen LogP contribution in [0.1, 0.15) is 46.1 Å². The van der Waals surface area contributed by atoms with Gasteiger partial charge >= 0.3 is 12.1 Å². The van der Waals surface area contributed by atoms with Crippen LogP contribution in [-0.4, -0.2) is 19.7 Å². The molecule has 0 aliphatic rings. The Kier molecular flexibility index (Phi) is 7.08. The molecule has 0 aliphatic carbocycles. The molecule has 26 heavy (non-hydrogen) atoms. The number of halogens is 3. The fourth-order valence-electron chi connectivity index (χ4n) is 2.47. The molecular weight excluding hydrogens is 365 g/mol. The highest BCUT2D eigenvalue weighted by Gasteiger charge is 2.30. The third-order valence-corrected chi connectivity index (χ3v) is 4.91. The molecule has 1 aromatic heterocycles. The van der Waals surface area contributed by atoms with E-state index >= 15 is 0 Å². The smallest absolute Gasteiger partial charge is 0.416 e. The monoisotopic (exact) mass is 386 g/mol. The third kappa shape index (κ3) is 5.24. The Morgan fingerprint density at radius 2 is 2.00 bits per heavy atom. The summed E-state index contributed by atoms with van der Waals surface area (Å²) in [6.45, 7) is 2.33. The normalized spacial score (nSPS) is 11.4. The van der Waals surface area contributed by atoms with Crippen LogP contribution in [0.5, 0.6) is 5.75 Å². The summed E-state index contributed by atoms with van der Waals surface area (Å²) in [4.78, 5) is 13.1. The van der Waals surface area contributed by atoms with Crippen molar-refractivity contribution in [2.45, 2.75) is 38.8 Å². The zero-order valence-electron chi connectivity index (χ0n) is 14.7. The van der Waals surface area contributed by atoms with E-state index in [0.717, 1.165) is 29.9 Å². The third-order valence-electron chi connectivity index (χ3n) is 3.88. The number of hydrogen-bond donors (Lipinski definition) is 0. The second kappa shape index (κ2) is 9.07. The zero-order chi connectivity index (χ0) is 19.2. The number of carbonyl (C=O) groups excluding carboxylic acids is 1. The van der Waals surface area contributed by atoms with Gasteiger partial charge in [0.15, 0.2) is 0 Å². The van der Waals surface area contributed by atoms with Gasteiger partial charge in [-0.3, -0.25) is 0 Å². The van der Waals surface area contributed by atoms with Crippen LogP contribution in [0.2, 0.25) is 0 Å². The Bertz CT molecular complexity index is 738. The van der Waals surface area contributed by atoms with Gasteiger partial charge in [-0.2, -0.15) is 13.2 Å². The van der Waals surface area contributed by atoms with Crippen molar-refractivity contribution in [3.05, 3.63) is 51.2 Å². The molecule has 1 heterocycles. The molecule has 0 atom stereocenters. The number of methoxy groups -OCH3 is 1. The van der Waals surface area contributed by atoms with E-state index in [0.29, 0.717) is 36.3 Å². The molecule has 0 spiro atoms. The number of esters is 1. The molecule has 2 rings (SSSR count). The van der Waals surface area contributed by atoms with Gasteiger partial charge < -0.3 is 9.47 Å². The molecule has 7 heteroatoms. The highest BCUT2D eigenvalue weighted by atomic mass is 32.1. The minimum absolute atomic E-state index is 0.335. The molecule has 0 unspecified atom stereocenters. The summed E-state index contributed by atoms with van der Waals surface area (Å²) in [6.07, 6.45) is -1.85. The van der Waals surface area contributed by atoms with Gasteiger partial charge in [0.2, 0.25) is 0 Å². The Labute approximate surface area is 154 Å². The fourth-order valence-corrected chi connectivity index (χ4v) is 3.46. The largest absolute Gasteiger partial charge is 0.495 e. The molecule has 1 aromatic carbocycles. The second-order valence-electron chi connectivity index (χ2n) is 5.79. The first-order valence-corrected chi connectivity index (χ1v) is 9.22. The summed E-state index contributed by atoms with van der Waals surface area (Å²) in [5, 5.41) is 1.72. The van der Waals surface area contributed by atoms with Crippen LogP contribution in [-0.2, 0) is 23.8 Å². The van der Waals surface area contributed by atoms with E-state index in [1.807, 2.05) is 6.92 Å². The molecule has 0 radical (unpaired) electrons. The van der Waals surface area contributed by atoms with Gasteiger partial charge in [0.05, 0.1) is 19.3 Å². The van der Waals surface area contributed by atoms with Crippen LogP contribution in [0.25, 0.3) is 0 Å². The van der Waals surface area contributed by atoms with Crippen LogP contribution in [0.15, 0.2) is 29.6 Å². The first-order valence-electron chi connectivity index (χ1n) is 8.34. The van der Waals surface area contributed by atoms with Crippen LogP contribution in [0.4, 0.5) is 13.2 Å². The first-order chi connectivity index (χ1) is 12.4. The lowest BCUT2D eigenvalue weighted by Crippen LogP contribution is -2.09. The standard InChI is InChI=1S/C19H21F3O3S/c1-3-4-10-25-18(23)17-15(24-2)12-26-16(17)9-8-13-6-5-7-14(11-13)19(20,21)22/h5-7,11-12H,3-4,8-10H2,1-2H3. The maximum atomic E-state index is 12.8. The van der Waals surface area contributed by atoms with Gasteiger partial charge in [0.25, 0.3) is 0 Å². The zero-order valence-corrected chi connectivity index (χ0v) is 15.5. The summed E-state index contributed by atoms with van der Waals surface area (Å²) in [5.41, 5.74) is 0.274. The number of thiophene rings is 1. The molecule has 0 bridgehead atoms. The molecule has 0 saturated carbocycles. The van der Waals surface area contributed by atoms with E-state index in [9.17, 15) is 18.0 Å². The Morgan fingerprint density at radius 3 is 2.65 bits per heavy atom. The van der Waals surface area contributed by atoms with Gasteiger partial charge in [-0.15, -0.1) is 11.3 Å². The van der Waals surface area contributed by atoms with Crippen molar-refractivity contribution >= 4 is 17.3 Å². The predicted molar refractivity (Wildman–Crippen MR) is 94.9 cm³/mol. The van der Waals surface area contributed by atoms with Crippen molar-refractivity contribution in [2.75, 3.05) is 13.7 Å². The fraction of sp³-hybridized carbons (Fsp3) is 0.421. The molecule has 0 saturated heterocycles. The average Bonchev–Trinajstić information content (AvgIpc) is 3.02. The Hall–Kier alpha value is -2.02. The van der Waals surface area contributed by atoms with Gasteiger partial charge in [-0.25, -0.2) is 4.79 Å². The number of rotatable bonds is 8. The summed E-state index contributed by atoms with van der Waals surface area (Å²) in [5.74, 6) is -0.00821. The van der Waals surface area contributed by atoms with Crippen molar-refractivity contribution in [1.29, 1.82) is 0 Å². The van der Waals surface area contributed by atoms with Crippen molar-refractivity contribution in [2.24, 2.45) is 0 Å². The molecule has 3 nitrogen and oxygen atoms in total. The summed E-state index contributed by atoms with van der Waals surface area (Å²) in [6, 6.07) is 5.24. The number of benzene rings is 1. The molecule has 0 amide bonds. The van der Waals surface area contributed by atoms with Crippen molar-refractivity contribution in [1.82, 2.24) is 0 Å². The molecule has 0 fully saturated rings. The lowest BCUT2D eigenvalue weighted by molar-refractivity contribution is -0.137. The first kappa shape index (κ1) is 20.3. The van der Waals surface area contributed by atoms with Gasteiger partial charge in [0.1, 0.15) is 11.3 Å². The molecule has 0 N–H and O–H groups in total. The highest BCUT2D eigenvalue weighted by Crippen LogP contribution is 2.32. The SMILES string of the molecule is CCCCOC(=O)c1c(OC)csc1CCc1cccc(C(F)(F)F)c1. The topological polar surface area (TPSA) is 35.5 Å². The molecule has 2 aromatic rings. The van der Waals surface area contributed by atoms with Crippen molar-refractivity contribution in [3.63, 3.8) is 0 Å². The van der Waals surface area contributed by atoms with Crippen LogP contribution < -0.4 is 4.74 Å². The van der Waals surface area contributed by atoms with E-state index in [1.54, 1.807) is 11.4 Å². The highest BCUT2D eigenvalue weighted by molar-refractivity contribution is 7.10. The van der Waals surface area contributed by atoms with E-state index in [4.69, 9.17) is 9.47 Å². The van der Waals surface area contributed by atoms with Gasteiger partial charge in [-0.05, 0) is 30.9 Å². The number of alkyl halides is 3. The average molecular weight is 386 g/mol. The van der Waals surface area contributed by atoms with Crippen LogP contribution in [0, 0.1) is 0 Å². The number of ether oxygens (including phenoxy) is 2. The summed E-state index contributed by atoms with van der Waals surface area (Å²) < 4.78 is 49.0. The Balaban J connectivity index is 2.12. The van der Waals surface area contributed by atoms with E-state index in [-0.39, 0.29) is 0 Å². The Morgan fingerprint density at radius 1 is 1.23 bits per heavy atom. The lowest BCUT2D eigenvalue weighted by atomic mass is 10.0. The maximum Gasteiger partial charge on any atom is 0.416 e. The number of unbranched alkanes of at least 4 members (excludes halogenated alkanes) is 1. The minimum Gasteiger partial charge on any atom is -0.495 e. The van der Waals surface area contributed by atoms with Crippen molar-refractivity contribution < 1.29 is 27.4 Å². The van der Waals surface area contributed by atoms with Crippen molar-refractivity contribution in [3.8, 4) is 5.75 Å². The quantitative estimate of drug-likeness (QED) is 0.443. The molecular formula is C19H21F3O3S. The van der Waals surface area contributed by atoms with E-state index in [2.05, 4.69) is 0 Å². The lowest BCUT2D eigenvalue weighted by Gasteiger charge is -2.09. The minimum atomic E-state index is -4.36.